The molecule has 1 rings (SSSR count). The molecule has 0 aliphatic rings. The predicted octanol–water partition coefficient (Wildman–Crippen LogP) is 2.15. The average Bonchev–Trinajstić information content (AvgIpc) is 2.26. The van der Waals surface area contributed by atoms with E-state index in [2.05, 4.69) is 0 Å². The second-order valence-electron chi connectivity index (χ2n) is 3.60. The van der Waals surface area contributed by atoms with E-state index in [-0.39, 0.29) is 18.9 Å². The van der Waals surface area contributed by atoms with E-state index in [4.69, 9.17) is 10.2 Å². The number of hydrogen-bond acceptors (Lipinski definition) is 2. The van der Waals surface area contributed by atoms with E-state index in [1.807, 2.05) is 31.2 Å². The molecule has 0 aliphatic heterocycles. The summed E-state index contributed by atoms with van der Waals surface area (Å²) < 4.78 is 0. The monoisotopic (exact) mass is 208 g/mol. The van der Waals surface area contributed by atoms with Crippen LogP contribution >= 0.6 is 0 Å². The fraction of sp³-hybridized carbons (Fsp3) is 0.417. The van der Waals surface area contributed by atoms with Gasteiger partial charge in [-0.3, -0.25) is 4.79 Å². The van der Waals surface area contributed by atoms with Crippen molar-refractivity contribution < 1.29 is 15.0 Å². The zero-order valence-electron chi connectivity index (χ0n) is 8.81. The van der Waals surface area contributed by atoms with E-state index in [9.17, 15) is 4.79 Å². The highest BCUT2D eigenvalue weighted by Gasteiger charge is 2.12. The van der Waals surface area contributed by atoms with Gasteiger partial charge in [0.1, 0.15) is 0 Å². The number of aliphatic hydroxyl groups is 1. The highest BCUT2D eigenvalue weighted by atomic mass is 16.4. The van der Waals surface area contributed by atoms with E-state index in [0.29, 0.717) is 0 Å². The largest absolute Gasteiger partial charge is 0.481 e. The van der Waals surface area contributed by atoms with Gasteiger partial charge in [0.25, 0.3) is 0 Å². The highest BCUT2D eigenvalue weighted by Crippen LogP contribution is 2.23. The van der Waals surface area contributed by atoms with Crippen LogP contribution in [0.2, 0.25) is 0 Å². The number of carboxylic acid groups (broad SMARTS) is 1. The molecule has 3 nitrogen and oxygen atoms in total. The van der Waals surface area contributed by atoms with Crippen molar-refractivity contribution in [2.24, 2.45) is 0 Å². The van der Waals surface area contributed by atoms with Crippen LogP contribution in [0.4, 0.5) is 0 Å². The lowest BCUT2D eigenvalue weighted by atomic mass is 9.93. The molecule has 0 saturated carbocycles. The number of carboxylic acids is 1. The Bertz CT molecular complexity index is 316. The van der Waals surface area contributed by atoms with Crippen LogP contribution in [-0.4, -0.2) is 16.2 Å². The second kappa shape index (κ2) is 5.51. The first kappa shape index (κ1) is 11.7. The smallest absolute Gasteiger partial charge is 0.303 e. The summed E-state index contributed by atoms with van der Waals surface area (Å²) in [5, 5.41) is 17.6. The third kappa shape index (κ3) is 3.36. The summed E-state index contributed by atoms with van der Waals surface area (Å²) in [6.45, 7) is 2.00. The first-order valence-electron chi connectivity index (χ1n) is 5.08. The van der Waals surface area contributed by atoms with Crippen molar-refractivity contribution in [3.8, 4) is 0 Å². The molecule has 0 radical (unpaired) electrons. The molecule has 0 fully saturated rings. The van der Waals surface area contributed by atoms with Crippen LogP contribution in [0.15, 0.2) is 24.3 Å². The number of benzene rings is 1. The summed E-state index contributed by atoms with van der Waals surface area (Å²) >= 11 is 0. The maximum absolute atomic E-state index is 10.6. The van der Waals surface area contributed by atoms with E-state index in [0.717, 1.165) is 17.5 Å². The minimum atomic E-state index is -0.770. The van der Waals surface area contributed by atoms with E-state index >= 15 is 0 Å². The van der Waals surface area contributed by atoms with Gasteiger partial charge in [-0.25, -0.2) is 0 Å². The Kier molecular flexibility index (Phi) is 4.31. The summed E-state index contributed by atoms with van der Waals surface area (Å²) in [5.41, 5.74) is 1.88. The quantitative estimate of drug-likeness (QED) is 0.779. The molecule has 3 heteroatoms. The minimum absolute atomic E-state index is 0.0238. The maximum Gasteiger partial charge on any atom is 0.303 e. The first-order chi connectivity index (χ1) is 7.17. The first-order valence-corrected chi connectivity index (χ1v) is 5.08. The van der Waals surface area contributed by atoms with Crippen molar-refractivity contribution >= 4 is 5.97 Å². The molecule has 0 heterocycles. The molecule has 0 saturated heterocycles. The fourth-order valence-electron chi connectivity index (χ4n) is 1.60. The van der Waals surface area contributed by atoms with Gasteiger partial charge in [0.05, 0.1) is 13.0 Å². The Morgan fingerprint density at radius 1 is 1.33 bits per heavy atom. The van der Waals surface area contributed by atoms with Crippen molar-refractivity contribution in [2.45, 2.75) is 32.3 Å². The lowest BCUT2D eigenvalue weighted by Gasteiger charge is -2.12. The van der Waals surface area contributed by atoms with Gasteiger partial charge < -0.3 is 10.2 Å². The molecule has 0 spiro atoms. The Hall–Kier alpha value is -1.35. The standard InChI is InChI=1S/C12H16O3/c1-2-10(7-12(14)15)11-5-3-9(8-13)4-6-11/h3-6,10,13H,2,7-8H2,1H3,(H,14,15)/t10-/m0/s1. The Balaban J connectivity index is 2.78. The van der Waals surface area contributed by atoms with E-state index in [1.54, 1.807) is 0 Å². The molecule has 1 aromatic rings. The Labute approximate surface area is 89.4 Å². The Morgan fingerprint density at radius 2 is 1.93 bits per heavy atom. The summed E-state index contributed by atoms with van der Waals surface area (Å²) in [6.07, 6.45) is 0.972. The van der Waals surface area contributed by atoms with Gasteiger partial charge in [0, 0.05) is 0 Å². The van der Waals surface area contributed by atoms with Crippen molar-refractivity contribution in [2.75, 3.05) is 0 Å². The van der Waals surface area contributed by atoms with Gasteiger partial charge in [-0.15, -0.1) is 0 Å². The van der Waals surface area contributed by atoms with Crippen LogP contribution in [0.3, 0.4) is 0 Å². The van der Waals surface area contributed by atoms with Crippen molar-refractivity contribution in [1.29, 1.82) is 0 Å². The molecule has 2 N–H and O–H groups in total. The van der Waals surface area contributed by atoms with Gasteiger partial charge in [-0.1, -0.05) is 31.2 Å². The molecule has 1 aromatic carbocycles. The molecule has 1 atom stereocenters. The van der Waals surface area contributed by atoms with Crippen LogP contribution < -0.4 is 0 Å². The molecule has 0 bridgehead atoms. The third-order valence-electron chi connectivity index (χ3n) is 2.55. The topological polar surface area (TPSA) is 57.5 Å². The molecule has 0 aromatic heterocycles. The summed E-state index contributed by atoms with van der Waals surface area (Å²) in [4.78, 5) is 10.6. The summed E-state index contributed by atoms with van der Waals surface area (Å²) in [6, 6.07) is 7.45. The summed E-state index contributed by atoms with van der Waals surface area (Å²) in [7, 11) is 0. The average molecular weight is 208 g/mol. The minimum Gasteiger partial charge on any atom is -0.481 e. The van der Waals surface area contributed by atoms with E-state index < -0.39 is 5.97 Å². The van der Waals surface area contributed by atoms with Gasteiger partial charge in [-0.05, 0) is 23.5 Å². The Morgan fingerprint density at radius 3 is 2.33 bits per heavy atom. The van der Waals surface area contributed by atoms with Gasteiger partial charge in [-0.2, -0.15) is 0 Å². The number of aliphatic carboxylic acids is 1. The molecule has 15 heavy (non-hydrogen) atoms. The number of rotatable bonds is 5. The van der Waals surface area contributed by atoms with Crippen LogP contribution in [0.5, 0.6) is 0 Å². The SMILES string of the molecule is CC[C@@H](CC(=O)O)c1ccc(CO)cc1. The molecule has 0 aliphatic carbocycles. The second-order valence-corrected chi connectivity index (χ2v) is 3.60. The number of aliphatic hydroxyl groups excluding tert-OH is 1. The van der Waals surface area contributed by atoms with Crippen LogP contribution in [0, 0.1) is 0 Å². The molecule has 82 valence electrons. The lowest BCUT2D eigenvalue weighted by Crippen LogP contribution is -2.05. The van der Waals surface area contributed by atoms with Crippen molar-refractivity contribution in [1.82, 2.24) is 0 Å². The normalized spacial score (nSPS) is 12.4. The lowest BCUT2D eigenvalue weighted by molar-refractivity contribution is -0.137. The van der Waals surface area contributed by atoms with Crippen LogP contribution in [0.1, 0.15) is 36.8 Å². The van der Waals surface area contributed by atoms with Gasteiger partial charge >= 0.3 is 5.97 Å². The summed E-state index contributed by atoms with van der Waals surface area (Å²) in [5.74, 6) is -0.705. The fourth-order valence-corrected chi connectivity index (χ4v) is 1.60. The maximum atomic E-state index is 10.6. The zero-order chi connectivity index (χ0) is 11.3. The zero-order valence-corrected chi connectivity index (χ0v) is 8.81. The number of carbonyl (C=O) groups is 1. The van der Waals surface area contributed by atoms with Gasteiger partial charge in [0.2, 0.25) is 0 Å². The molecular weight excluding hydrogens is 192 g/mol. The van der Waals surface area contributed by atoms with Crippen LogP contribution in [0.25, 0.3) is 0 Å². The highest BCUT2D eigenvalue weighted by molar-refractivity contribution is 5.68. The molecule has 0 amide bonds. The van der Waals surface area contributed by atoms with Gasteiger partial charge in [0.15, 0.2) is 0 Å². The van der Waals surface area contributed by atoms with Crippen molar-refractivity contribution in [3.63, 3.8) is 0 Å². The molecule has 0 unspecified atom stereocenters. The van der Waals surface area contributed by atoms with Crippen molar-refractivity contribution in [3.05, 3.63) is 35.4 Å². The predicted molar refractivity (Wildman–Crippen MR) is 57.6 cm³/mol. The van der Waals surface area contributed by atoms with Crippen LogP contribution in [-0.2, 0) is 11.4 Å². The van der Waals surface area contributed by atoms with E-state index in [1.165, 1.54) is 0 Å². The third-order valence-corrected chi connectivity index (χ3v) is 2.55. The number of hydrogen-bond donors (Lipinski definition) is 2. The molecular formula is C12H16O3.